The van der Waals surface area contributed by atoms with Crippen LogP contribution in [0.4, 0.5) is 0 Å². The standard InChI is InChI=1S/C8H13ClN2OS/c1-12-5-4-10-3-2-8-11-6-7(9)13-8/h6,10H,2-5H2,1H3. The molecule has 0 amide bonds. The molecule has 0 aliphatic carbocycles. The highest BCUT2D eigenvalue weighted by Crippen LogP contribution is 2.17. The van der Waals surface area contributed by atoms with Crippen LogP contribution in [-0.2, 0) is 11.2 Å². The van der Waals surface area contributed by atoms with Gasteiger partial charge in [-0.25, -0.2) is 4.98 Å². The van der Waals surface area contributed by atoms with E-state index in [9.17, 15) is 0 Å². The minimum Gasteiger partial charge on any atom is -0.383 e. The summed E-state index contributed by atoms with van der Waals surface area (Å²) in [6, 6.07) is 0. The van der Waals surface area contributed by atoms with Crippen molar-refractivity contribution in [3.05, 3.63) is 15.5 Å². The predicted molar refractivity (Wildman–Crippen MR) is 55.6 cm³/mol. The van der Waals surface area contributed by atoms with Gasteiger partial charge in [0.25, 0.3) is 0 Å². The Morgan fingerprint density at radius 1 is 1.62 bits per heavy atom. The van der Waals surface area contributed by atoms with E-state index in [2.05, 4.69) is 10.3 Å². The van der Waals surface area contributed by atoms with Gasteiger partial charge in [-0.15, -0.1) is 11.3 Å². The number of halogens is 1. The molecule has 0 spiro atoms. The van der Waals surface area contributed by atoms with E-state index >= 15 is 0 Å². The molecule has 0 saturated carbocycles. The summed E-state index contributed by atoms with van der Waals surface area (Å²) in [5.41, 5.74) is 0. The van der Waals surface area contributed by atoms with Gasteiger partial charge in [0.05, 0.1) is 17.8 Å². The van der Waals surface area contributed by atoms with Crippen LogP contribution in [0.15, 0.2) is 6.20 Å². The monoisotopic (exact) mass is 220 g/mol. The first-order valence-corrected chi connectivity index (χ1v) is 5.32. The smallest absolute Gasteiger partial charge is 0.113 e. The van der Waals surface area contributed by atoms with Crippen molar-refractivity contribution < 1.29 is 4.74 Å². The molecule has 0 aliphatic rings. The van der Waals surface area contributed by atoms with Gasteiger partial charge in [-0.2, -0.15) is 0 Å². The van der Waals surface area contributed by atoms with Crippen LogP contribution in [0.1, 0.15) is 5.01 Å². The molecule has 0 saturated heterocycles. The van der Waals surface area contributed by atoms with E-state index in [-0.39, 0.29) is 0 Å². The van der Waals surface area contributed by atoms with Crippen LogP contribution >= 0.6 is 22.9 Å². The Balaban J connectivity index is 2.06. The summed E-state index contributed by atoms with van der Waals surface area (Å²) in [5, 5.41) is 4.32. The average molecular weight is 221 g/mol. The number of methoxy groups -OCH3 is 1. The number of aromatic nitrogens is 1. The molecule has 0 atom stereocenters. The summed E-state index contributed by atoms with van der Waals surface area (Å²) in [5.74, 6) is 0. The Morgan fingerprint density at radius 2 is 2.46 bits per heavy atom. The summed E-state index contributed by atoms with van der Waals surface area (Å²) >= 11 is 7.27. The molecular formula is C8H13ClN2OS. The predicted octanol–water partition coefficient (Wildman–Crippen LogP) is 1.57. The highest BCUT2D eigenvalue weighted by atomic mass is 35.5. The normalized spacial score (nSPS) is 10.6. The Labute approximate surface area is 87.1 Å². The maximum atomic E-state index is 5.74. The number of hydrogen-bond donors (Lipinski definition) is 1. The molecule has 0 unspecified atom stereocenters. The number of ether oxygens (including phenoxy) is 1. The van der Waals surface area contributed by atoms with Crippen LogP contribution in [0.2, 0.25) is 4.34 Å². The molecule has 3 nitrogen and oxygen atoms in total. The lowest BCUT2D eigenvalue weighted by molar-refractivity contribution is 0.199. The second-order valence-corrected chi connectivity index (χ2v) is 4.30. The minimum atomic E-state index is 0.749. The van der Waals surface area contributed by atoms with E-state index in [1.165, 1.54) is 11.3 Å². The van der Waals surface area contributed by atoms with Gasteiger partial charge in [-0.3, -0.25) is 0 Å². The summed E-state index contributed by atoms with van der Waals surface area (Å²) in [7, 11) is 1.70. The number of nitrogens with one attached hydrogen (secondary N) is 1. The third-order valence-electron chi connectivity index (χ3n) is 1.52. The number of thiazole rings is 1. The van der Waals surface area contributed by atoms with Crippen molar-refractivity contribution >= 4 is 22.9 Å². The molecule has 1 aromatic rings. The molecule has 1 heterocycles. The Hall–Kier alpha value is -0.160. The van der Waals surface area contributed by atoms with Crippen LogP contribution in [0.5, 0.6) is 0 Å². The summed E-state index contributed by atoms with van der Waals surface area (Å²) in [6.45, 7) is 2.56. The second kappa shape index (κ2) is 6.32. The third-order valence-corrected chi connectivity index (χ3v) is 2.70. The molecule has 1 N–H and O–H groups in total. The minimum absolute atomic E-state index is 0.749. The molecule has 13 heavy (non-hydrogen) atoms. The fourth-order valence-corrected chi connectivity index (χ4v) is 1.85. The molecular weight excluding hydrogens is 208 g/mol. The molecule has 0 fully saturated rings. The van der Waals surface area contributed by atoms with Crippen molar-refractivity contribution in [2.24, 2.45) is 0 Å². The van der Waals surface area contributed by atoms with Gasteiger partial charge in [-0.1, -0.05) is 11.6 Å². The van der Waals surface area contributed by atoms with Crippen molar-refractivity contribution in [3.8, 4) is 0 Å². The van der Waals surface area contributed by atoms with E-state index in [4.69, 9.17) is 16.3 Å². The van der Waals surface area contributed by atoms with Crippen LogP contribution in [-0.4, -0.2) is 31.8 Å². The lowest BCUT2D eigenvalue weighted by Gasteiger charge is -2.00. The van der Waals surface area contributed by atoms with Crippen LogP contribution in [0.25, 0.3) is 0 Å². The van der Waals surface area contributed by atoms with Gasteiger partial charge in [0.15, 0.2) is 0 Å². The first-order valence-electron chi connectivity index (χ1n) is 4.13. The molecule has 0 radical (unpaired) electrons. The number of hydrogen-bond acceptors (Lipinski definition) is 4. The first kappa shape index (κ1) is 10.9. The molecule has 1 aromatic heterocycles. The average Bonchev–Trinajstić information content (AvgIpc) is 2.51. The molecule has 5 heteroatoms. The fourth-order valence-electron chi connectivity index (χ4n) is 0.898. The Bertz CT molecular complexity index is 242. The fraction of sp³-hybridized carbons (Fsp3) is 0.625. The van der Waals surface area contributed by atoms with E-state index in [1.807, 2.05) is 0 Å². The Kier molecular flexibility index (Phi) is 5.31. The molecule has 0 aromatic carbocycles. The zero-order valence-electron chi connectivity index (χ0n) is 7.55. The molecule has 0 bridgehead atoms. The first-order chi connectivity index (χ1) is 6.33. The topological polar surface area (TPSA) is 34.1 Å². The largest absolute Gasteiger partial charge is 0.383 e. The quantitative estimate of drug-likeness (QED) is 0.740. The maximum absolute atomic E-state index is 5.74. The SMILES string of the molecule is COCCNCCc1ncc(Cl)s1. The van der Waals surface area contributed by atoms with Crippen molar-refractivity contribution in [3.63, 3.8) is 0 Å². The summed E-state index contributed by atoms with van der Waals surface area (Å²) in [4.78, 5) is 4.15. The summed E-state index contributed by atoms with van der Waals surface area (Å²) in [6.07, 6.45) is 2.62. The second-order valence-electron chi connectivity index (χ2n) is 2.55. The van der Waals surface area contributed by atoms with Crippen molar-refractivity contribution in [1.82, 2.24) is 10.3 Å². The Morgan fingerprint density at radius 3 is 3.08 bits per heavy atom. The highest BCUT2D eigenvalue weighted by Gasteiger charge is 1.98. The molecule has 1 rings (SSSR count). The molecule has 0 aliphatic heterocycles. The zero-order valence-corrected chi connectivity index (χ0v) is 9.12. The lowest BCUT2D eigenvalue weighted by atomic mass is 10.4. The van der Waals surface area contributed by atoms with E-state index in [0.29, 0.717) is 0 Å². The van der Waals surface area contributed by atoms with E-state index < -0.39 is 0 Å². The summed E-state index contributed by atoms with van der Waals surface area (Å²) < 4.78 is 5.66. The van der Waals surface area contributed by atoms with Gasteiger partial charge in [0.2, 0.25) is 0 Å². The van der Waals surface area contributed by atoms with Crippen molar-refractivity contribution in [2.75, 3.05) is 26.8 Å². The van der Waals surface area contributed by atoms with Crippen LogP contribution in [0, 0.1) is 0 Å². The van der Waals surface area contributed by atoms with E-state index in [1.54, 1.807) is 13.3 Å². The highest BCUT2D eigenvalue weighted by molar-refractivity contribution is 7.15. The van der Waals surface area contributed by atoms with E-state index in [0.717, 1.165) is 35.5 Å². The third kappa shape index (κ3) is 4.57. The number of nitrogens with zero attached hydrogens (tertiary/aromatic N) is 1. The van der Waals surface area contributed by atoms with Crippen molar-refractivity contribution in [2.45, 2.75) is 6.42 Å². The molecule has 74 valence electrons. The van der Waals surface area contributed by atoms with Gasteiger partial charge in [-0.05, 0) is 0 Å². The maximum Gasteiger partial charge on any atom is 0.113 e. The van der Waals surface area contributed by atoms with Gasteiger partial charge in [0.1, 0.15) is 4.34 Å². The van der Waals surface area contributed by atoms with Gasteiger partial charge < -0.3 is 10.1 Å². The zero-order chi connectivity index (χ0) is 9.52. The van der Waals surface area contributed by atoms with Gasteiger partial charge >= 0.3 is 0 Å². The van der Waals surface area contributed by atoms with Gasteiger partial charge in [0, 0.05) is 26.6 Å². The lowest BCUT2D eigenvalue weighted by Crippen LogP contribution is -2.21. The van der Waals surface area contributed by atoms with Crippen LogP contribution < -0.4 is 5.32 Å². The van der Waals surface area contributed by atoms with Crippen molar-refractivity contribution in [1.29, 1.82) is 0 Å². The number of rotatable bonds is 6. The van der Waals surface area contributed by atoms with Crippen LogP contribution in [0.3, 0.4) is 0 Å².